The van der Waals surface area contributed by atoms with Crippen molar-refractivity contribution in [2.75, 3.05) is 0 Å². The first kappa shape index (κ1) is 18.2. The van der Waals surface area contributed by atoms with Crippen LogP contribution in [0.25, 0.3) is 39.0 Å². The number of hydrogen-bond acceptors (Lipinski definition) is 5. The first-order valence-electron chi connectivity index (χ1n) is 9.85. The quantitative estimate of drug-likeness (QED) is 0.450. The maximum Gasteiger partial charge on any atom is 0.323 e. The number of nitrogens with one attached hydrogen (secondary N) is 2. The number of H-pyrrole nitrogens is 2. The molecule has 0 aliphatic carbocycles. The Morgan fingerprint density at radius 1 is 0.969 bits per heavy atom. The van der Waals surface area contributed by atoms with E-state index in [1.165, 1.54) is 6.07 Å². The molecule has 0 atom stereocenters. The summed E-state index contributed by atoms with van der Waals surface area (Å²) < 4.78 is 18.3. The van der Waals surface area contributed by atoms with Crippen molar-refractivity contribution in [1.29, 1.82) is 0 Å². The van der Waals surface area contributed by atoms with Gasteiger partial charge in [-0.25, -0.2) is 13.9 Å². The van der Waals surface area contributed by atoms with Crippen LogP contribution < -0.4 is 5.69 Å². The number of imidazole rings is 1. The second-order valence-electron chi connectivity index (χ2n) is 7.33. The third-order valence-corrected chi connectivity index (χ3v) is 5.30. The molecular weight excluding hydrogens is 411 g/mol. The van der Waals surface area contributed by atoms with Crippen LogP contribution in [0.1, 0.15) is 5.69 Å². The summed E-state index contributed by atoms with van der Waals surface area (Å²) >= 11 is 0. The molecule has 6 rings (SSSR count). The van der Waals surface area contributed by atoms with Gasteiger partial charge in [-0.1, -0.05) is 11.3 Å². The molecule has 2 aromatic carbocycles. The molecule has 0 saturated carbocycles. The lowest BCUT2D eigenvalue weighted by Crippen LogP contribution is -2.05. The second-order valence-corrected chi connectivity index (χ2v) is 7.33. The van der Waals surface area contributed by atoms with Crippen LogP contribution in [0.15, 0.2) is 71.8 Å². The fourth-order valence-electron chi connectivity index (χ4n) is 3.82. The van der Waals surface area contributed by atoms with E-state index in [1.54, 1.807) is 40.0 Å². The van der Waals surface area contributed by atoms with Gasteiger partial charge in [0.05, 0.1) is 40.2 Å². The number of fused-ring (bicyclic) bond motifs is 2. The van der Waals surface area contributed by atoms with Crippen LogP contribution in [-0.4, -0.2) is 39.7 Å². The van der Waals surface area contributed by atoms with Gasteiger partial charge < -0.3 is 9.97 Å². The molecular formula is C22H15FN8O. The van der Waals surface area contributed by atoms with E-state index < -0.39 is 5.82 Å². The molecule has 0 aliphatic heterocycles. The molecule has 6 aromatic rings. The van der Waals surface area contributed by atoms with Crippen molar-refractivity contribution >= 4 is 22.1 Å². The molecule has 32 heavy (non-hydrogen) atoms. The van der Waals surface area contributed by atoms with Gasteiger partial charge in [-0.3, -0.25) is 9.67 Å². The average Bonchev–Trinajstić information content (AvgIpc) is 3.51. The van der Waals surface area contributed by atoms with E-state index in [0.29, 0.717) is 34.3 Å². The van der Waals surface area contributed by atoms with Gasteiger partial charge in [0.25, 0.3) is 0 Å². The molecule has 0 aliphatic rings. The van der Waals surface area contributed by atoms with Crippen molar-refractivity contribution in [2.45, 2.75) is 6.54 Å². The zero-order chi connectivity index (χ0) is 21.7. The molecule has 0 bridgehead atoms. The van der Waals surface area contributed by atoms with Gasteiger partial charge in [0.1, 0.15) is 5.52 Å². The summed E-state index contributed by atoms with van der Waals surface area (Å²) in [5, 5.41) is 12.5. The van der Waals surface area contributed by atoms with Crippen molar-refractivity contribution in [2.24, 2.45) is 0 Å². The fraction of sp³-hybridized carbons (Fsp3) is 0.0455. The fourth-order valence-corrected chi connectivity index (χ4v) is 3.82. The Morgan fingerprint density at radius 3 is 2.75 bits per heavy atom. The molecule has 0 amide bonds. The standard InChI is InChI=1S/C22H15FN8O/c23-16-9-13(19-6-8-25-30(19)12-14-3-1-2-7-24-14)10-20-21(16)28-29-31(20)15-4-5-17-18(11-15)27-22(32)26-17/h1-11H,12H2,(H2,26,27,32). The van der Waals surface area contributed by atoms with E-state index in [1.807, 2.05) is 30.3 Å². The molecule has 0 radical (unpaired) electrons. The second kappa shape index (κ2) is 6.98. The largest absolute Gasteiger partial charge is 0.323 e. The molecule has 2 N–H and O–H groups in total. The number of hydrogen-bond donors (Lipinski definition) is 2. The molecule has 156 valence electrons. The summed E-state index contributed by atoms with van der Waals surface area (Å²) in [6.07, 6.45) is 3.40. The Morgan fingerprint density at radius 2 is 1.88 bits per heavy atom. The first-order chi connectivity index (χ1) is 15.7. The van der Waals surface area contributed by atoms with E-state index >= 15 is 0 Å². The highest BCUT2D eigenvalue weighted by atomic mass is 19.1. The smallest absolute Gasteiger partial charge is 0.306 e. The summed E-state index contributed by atoms with van der Waals surface area (Å²) in [6.45, 7) is 0.456. The Kier molecular flexibility index (Phi) is 3.97. The van der Waals surface area contributed by atoms with Gasteiger partial charge in [-0.05, 0) is 48.5 Å². The zero-order valence-electron chi connectivity index (χ0n) is 16.5. The van der Waals surface area contributed by atoms with Crippen molar-refractivity contribution in [3.05, 3.63) is 89.0 Å². The van der Waals surface area contributed by atoms with E-state index in [9.17, 15) is 9.18 Å². The van der Waals surface area contributed by atoms with Crippen LogP contribution in [0.3, 0.4) is 0 Å². The molecule has 4 aromatic heterocycles. The average molecular weight is 426 g/mol. The van der Waals surface area contributed by atoms with Gasteiger partial charge in [-0.2, -0.15) is 5.10 Å². The summed E-state index contributed by atoms with van der Waals surface area (Å²) in [4.78, 5) is 21.3. The van der Waals surface area contributed by atoms with Gasteiger partial charge in [0.15, 0.2) is 5.82 Å². The third-order valence-electron chi connectivity index (χ3n) is 5.30. The van der Waals surface area contributed by atoms with Crippen molar-refractivity contribution in [3.8, 4) is 16.9 Å². The highest BCUT2D eigenvalue weighted by molar-refractivity contribution is 5.84. The lowest BCUT2D eigenvalue weighted by atomic mass is 10.1. The highest BCUT2D eigenvalue weighted by Gasteiger charge is 2.16. The van der Waals surface area contributed by atoms with Crippen LogP contribution in [0.5, 0.6) is 0 Å². The van der Waals surface area contributed by atoms with Gasteiger partial charge >= 0.3 is 5.69 Å². The predicted molar refractivity (Wildman–Crippen MR) is 116 cm³/mol. The van der Waals surface area contributed by atoms with Gasteiger partial charge in [0.2, 0.25) is 0 Å². The van der Waals surface area contributed by atoms with E-state index in [2.05, 4.69) is 30.4 Å². The minimum atomic E-state index is -0.481. The Labute approximate surface area is 179 Å². The molecule has 0 fully saturated rings. The van der Waals surface area contributed by atoms with Crippen molar-refractivity contribution in [1.82, 2.24) is 39.7 Å². The molecule has 0 spiro atoms. The number of pyridine rings is 1. The molecule has 4 heterocycles. The molecule has 0 unspecified atom stereocenters. The van der Waals surface area contributed by atoms with Crippen molar-refractivity contribution in [3.63, 3.8) is 0 Å². The minimum Gasteiger partial charge on any atom is -0.306 e. The molecule has 9 nitrogen and oxygen atoms in total. The number of aromatic amines is 2. The number of halogens is 1. The van der Waals surface area contributed by atoms with Crippen LogP contribution in [-0.2, 0) is 6.54 Å². The lowest BCUT2D eigenvalue weighted by molar-refractivity contribution is 0.635. The van der Waals surface area contributed by atoms with E-state index in [-0.39, 0.29) is 11.2 Å². The SMILES string of the molecule is O=c1[nH]c2ccc(-n3nnc4c(F)cc(-c5ccnn5Cc5ccccn5)cc43)cc2[nH]1. The Bertz CT molecular complexity index is 1640. The van der Waals surface area contributed by atoms with Crippen LogP contribution in [0, 0.1) is 5.82 Å². The van der Waals surface area contributed by atoms with Gasteiger partial charge in [0, 0.05) is 18.0 Å². The summed E-state index contributed by atoms with van der Waals surface area (Å²) in [5.41, 5.74) is 4.55. The van der Waals surface area contributed by atoms with Crippen molar-refractivity contribution < 1.29 is 4.39 Å². The number of rotatable bonds is 4. The summed E-state index contributed by atoms with van der Waals surface area (Å²) in [7, 11) is 0. The lowest BCUT2D eigenvalue weighted by Gasteiger charge is -2.09. The number of benzene rings is 2. The van der Waals surface area contributed by atoms with Gasteiger partial charge in [-0.15, -0.1) is 5.10 Å². The number of aromatic nitrogens is 8. The minimum absolute atomic E-state index is 0.159. The Balaban J connectivity index is 1.47. The highest BCUT2D eigenvalue weighted by Crippen LogP contribution is 2.28. The maximum atomic E-state index is 15.0. The number of nitrogens with zero attached hydrogens (tertiary/aromatic N) is 6. The van der Waals surface area contributed by atoms with E-state index in [4.69, 9.17) is 0 Å². The summed E-state index contributed by atoms with van der Waals surface area (Å²) in [5.74, 6) is -0.481. The summed E-state index contributed by atoms with van der Waals surface area (Å²) in [6, 6.07) is 16.1. The predicted octanol–water partition coefficient (Wildman–Crippen LogP) is 3.04. The Hall–Kier alpha value is -4.60. The molecule has 10 heteroatoms. The van der Waals surface area contributed by atoms with Crippen LogP contribution in [0.2, 0.25) is 0 Å². The van der Waals surface area contributed by atoms with E-state index in [0.717, 1.165) is 11.4 Å². The zero-order valence-corrected chi connectivity index (χ0v) is 16.5. The maximum absolute atomic E-state index is 15.0. The monoisotopic (exact) mass is 426 g/mol. The normalized spacial score (nSPS) is 11.5. The molecule has 0 saturated heterocycles. The van der Waals surface area contributed by atoms with Crippen LogP contribution >= 0.6 is 0 Å². The van der Waals surface area contributed by atoms with Crippen LogP contribution in [0.4, 0.5) is 4.39 Å². The topological polar surface area (TPSA) is 110 Å². The third kappa shape index (κ3) is 2.97. The first-order valence-corrected chi connectivity index (χ1v) is 9.85.